The van der Waals surface area contributed by atoms with Crippen LogP contribution in [0.3, 0.4) is 0 Å². The quantitative estimate of drug-likeness (QED) is 0.234. The maximum Gasteiger partial charge on any atom is 0.318 e. The predicted octanol–water partition coefficient (Wildman–Crippen LogP) is 5.10. The average Bonchev–Trinajstić information content (AvgIpc) is 3.41. The molecule has 200 valence electrons. The lowest BCUT2D eigenvalue weighted by Crippen LogP contribution is -2.45. The second-order valence-electron chi connectivity index (χ2n) is 8.65. The molecule has 2 atom stereocenters. The molecule has 0 saturated heterocycles. The number of rotatable bonds is 14. The number of nitriles is 1. The highest BCUT2D eigenvalue weighted by molar-refractivity contribution is 5.75. The second kappa shape index (κ2) is 13.8. The summed E-state index contributed by atoms with van der Waals surface area (Å²) in [5.41, 5.74) is 2.62. The van der Waals surface area contributed by atoms with Gasteiger partial charge in [0.1, 0.15) is 5.75 Å². The standard InChI is InChI=1S/C28H35N7O3/c1-6-9-16-38-27-26-30-14-15-34(26)19-24(33-27)22-17-23(31-18-25(22)37-5)20(4)35(8-3)28(36)32-21(11-7-2)12-10-13-29/h6-7,14-15,17-21H,1-2,8-12,16H2,3-5H3,(H,32,36)/t20-,21?/m1/s1. The number of carbonyl (C=O) groups excluding carboxylic acids is 1. The van der Waals surface area contributed by atoms with Crippen LogP contribution in [0.5, 0.6) is 11.6 Å². The van der Waals surface area contributed by atoms with E-state index in [2.05, 4.69) is 34.5 Å². The maximum absolute atomic E-state index is 13.2. The lowest BCUT2D eigenvalue weighted by atomic mass is 10.1. The van der Waals surface area contributed by atoms with Crippen LogP contribution >= 0.6 is 0 Å². The van der Waals surface area contributed by atoms with Crippen LogP contribution in [-0.4, -0.2) is 56.6 Å². The van der Waals surface area contributed by atoms with Gasteiger partial charge in [0, 0.05) is 43.2 Å². The van der Waals surface area contributed by atoms with Crippen LogP contribution in [0.2, 0.25) is 0 Å². The Kier molecular flexibility index (Phi) is 10.2. The summed E-state index contributed by atoms with van der Waals surface area (Å²) < 4.78 is 13.3. The number of imidazole rings is 1. The van der Waals surface area contributed by atoms with Gasteiger partial charge in [-0.05, 0) is 39.2 Å². The molecule has 38 heavy (non-hydrogen) atoms. The summed E-state index contributed by atoms with van der Waals surface area (Å²) in [6.45, 7) is 12.2. The number of hydrogen-bond acceptors (Lipinski definition) is 7. The van der Waals surface area contributed by atoms with Crippen molar-refractivity contribution >= 4 is 11.7 Å². The van der Waals surface area contributed by atoms with Gasteiger partial charge in [-0.25, -0.2) is 14.8 Å². The summed E-state index contributed by atoms with van der Waals surface area (Å²) in [5.74, 6) is 0.947. The third-order valence-corrected chi connectivity index (χ3v) is 6.17. The van der Waals surface area contributed by atoms with Gasteiger partial charge in [-0.15, -0.1) is 13.2 Å². The Balaban J connectivity index is 1.94. The maximum atomic E-state index is 13.2. The van der Waals surface area contributed by atoms with E-state index < -0.39 is 0 Å². The van der Waals surface area contributed by atoms with Gasteiger partial charge >= 0.3 is 6.03 Å². The second-order valence-corrected chi connectivity index (χ2v) is 8.65. The minimum absolute atomic E-state index is 0.161. The Morgan fingerprint density at radius 3 is 2.84 bits per heavy atom. The van der Waals surface area contributed by atoms with Crippen molar-refractivity contribution in [2.45, 2.75) is 51.6 Å². The summed E-state index contributed by atoms with van der Waals surface area (Å²) in [4.78, 5) is 28.6. The highest BCUT2D eigenvalue weighted by atomic mass is 16.5. The summed E-state index contributed by atoms with van der Waals surface area (Å²) in [6.07, 6.45) is 12.7. The molecule has 0 saturated carbocycles. The zero-order valence-electron chi connectivity index (χ0n) is 22.3. The van der Waals surface area contributed by atoms with Crippen molar-refractivity contribution in [2.24, 2.45) is 0 Å². The Bertz CT molecular complexity index is 1300. The fourth-order valence-electron chi connectivity index (χ4n) is 4.12. The third-order valence-electron chi connectivity index (χ3n) is 6.17. The van der Waals surface area contributed by atoms with E-state index in [9.17, 15) is 4.79 Å². The molecule has 0 fully saturated rings. The van der Waals surface area contributed by atoms with E-state index in [4.69, 9.17) is 19.7 Å². The minimum atomic E-state index is -0.342. The number of nitrogens with one attached hydrogen (secondary N) is 1. The van der Waals surface area contributed by atoms with Crippen LogP contribution in [0.1, 0.15) is 51.3 Å². The number of pyridine rings is 1. The largest absolute Gasteiger partial charge is 0.494 e. The van der Waals surface area contributed by atoms with Crippen molar-refractivity contribution < 1.29 is 14.3 Å². The summed E-state index contributed by atoms with van der Waals surface area (Å²) in [5, 5.41) is 12.0. The molecule has 0 aliphatic carbocycles. The Morgan fingerprint density at radius 2 is 2.16 bits per heavy atom. The van der Waals surface area contributed by atoms with Crippen molar-refractivity contribution in [3.05, 3.63) is 61.9 Å². The van der Waals surface area contributed by atoms with Gasteiger partial charge in [0.05, 0.1) is 43.4 Å². The molecule has 0 bridgehead atoms. The molecule has 1 N–H and O–H groups in total. The topological polar surface area (TPSA) is 118 Å². The van der Waals surface area contributed by atoms with Crippen LogP contribution < -0.4 is 14.8 Å². The number of urea groups is 1. The van der Waals surface area contributed by atoms with Gasteiger partial charge in [0.15, 0.2) is 0 Å². The highest BCUT2D eigenvalue weighted by Gasteiger charge is 2.25. The number of nitrogens with zero attached hydrogens (tertiary/aromatic N) is 6. The van der Waals surface area contributed by atoms with Gasteiger partial charge in [-0.1, -0.05) is 12.2 Å². The first-order chi connectivity index (χ1) is 18.5. The smallest absolute Gasteiger partial charge is 0.318 e. The number of hydrogen-bond donors (Lipinski definition) is 1. The van der Waals surface area contributed by atoms with Crippen molar-refractivity contribution in [1.82, 2.24) is 29.6 Å². The normalized spacial score (nSPS) is 12.3. The number of amides is 2. The summed E-state index contributed by atoms with van der Waals surface area (Å²) in [7, 11) is 1.58. The van der Waals surface area contributed by atoms with Crippen LogP contribution in [0, 0.1) is 11.3 Å². The number of methoxy groups -OCH3 is 1. The van der Waals surface area contributed by atoms with Crippen molar-refractivity contribution in [3.8, 4) is 29.0 Å². The van der Waals surface area contributed by atoms with Gasteiger partial charge in [0.25, 0.3) is 5.88 Å². The van der Waals surface area contributed by atoms with E-state index in [1.807, 2.05) is 36.7 Å². The molecular weight excluding hydrogens is 482 g/mol. The average molecular weight is 518 g/mol. The molecule has 3 rings (SSSR count). The lowest BCUT2D eigenvalue weighted by Gasteiger charge is -2.30. The molecule has 1 unspecified atom stereocenters. The van der Waals surface area contributed by atoms with Crippen LogP contribution in [0.25, 0.3) is 16.9 Å². The minimum Gasteiger partial charge on any atom is -0.494 e. The number of ether oxygens (including phenoxy) is 2. The first kappa shape index (κ1) is 28.2. The first-order valence-electron chi connectivity index (χ1n) is 12.6. The molecule has 3 aromatic rings. The van der Waals surface area contributed by atoms with E-state index in [0.717, 1.165) is 0 Å². The molecule has 0 radical (unpaired) electrons. The van der Waals surface area contributed by atoms with Crippen molar-refractivity contribution in [3.63, 3.8) is 0 Å². The number of aromatic nitrogens is 4. The highest BCUT2D eigenvalue weighted by Crippen LogP contribution is 2.33. The fourth-order valence-corrected chi connectivity index (χ4v) is 4.12. The van der Waals surface area contributed by atoms with Crippen LogP contribution in [0.15, 0.2) is 56.2 Å². The zero-order valence-corrected chi connectivity index (χ0v) is 22.3. The predicted molar refractivity (Wildman–Crippen MR) is 146 cm³/mol. The summed E-state index contributed by atoms with van der Waals surface area (Å²) >= 11 is 0. The number of fused-ring (bicyclic) bond motifs is 1. The van der Waals surface area contributed by atoms with E-state index in [1.54, 1.807) is 36.6 Å². The Hall–Kier alpha value is -4.39. The fraction of sp³-hybridized carbons (Fsp3) is 0.393. The summed E-state index contributed by atoms with van der Waals surface area (Å²) in [6, 6.07) is 3.29. The molecule has 3 aromatic heterocycles. The monoisotopic (exact) mass is 517 g/mol. The number of carbonyl (C=O) groups is 1. The van der Waals surface area contributed by atoms with Crippen molar-refractivity contribution in [2.75, 3.05) is 20.3 Å². The van der Waals surface area contributed by atoms with Crippen LogP contribution in [0.4, 0.5) is 4.79 Å². The molecule has 0 aliphatic heterocycles. The van der Waals surface area contributed by atoms with Gasteiger partial charge in [0.2, 0.25) is 5.65 Å². The molecular formula is C28H35N7O3. The molecule has 10 heteroatoms. The molecule has 10 nitrogen and oxygen atoms in total. The molecule has 3 heterocycles. The Labute approximate surface area is 223 Å². The third kappa shape index (κ3) is 6.68. The van der Waals surface area contributed by atoms with Gasteiger partial charge < -0.3 is 24.1 Å². The molecule has 0 spiro atoms. The SMILES string of the molecule is C=CCCOc1nc(-c2cc([C@@H](C)N(CC)C(=O)NC(CC=C)CCC#N)ncc2OC)cn2ccnc12. The van der Waals surface area contributed by atoms with Gasteiger partial charge in [-0.2, -0.15) is 5.26 Å². The van der Waals surface area contributed by atoms with E-state index in [-0.39, 0.29) is 18.1 Å². The van der Waals surface area contributed by atoms with Crippen molar-refractivity contribution in [1.29, 1.82) is 5.26 Å². The first-order valence-corrected chi connectivity index (χ1v) is 12.6. The van der Waals surface area contributed by atoms with Crippen LogP contribution in [-0.2, 0) is 0 Å². The molecule has 2 amide bonds. The van der Waals surface area contributed by atoms with E-state index in [1.165, 1.54) is 0 Å². The zero-order chi connectivity index (χ0) is 27.5. The van der Waals surface area contributed by atoms with E-state index in [0.29, 0.717) is 73.1 Å². The Morgan fingerprint density at radius 1 is 1.34 bits per heavy atom. The lowest BCUT2D eigenvalue weighted by molar-refractivity contribution is 0.177. The van der Waals surface area contributed by atoms with Gasteiger partial charge in [-0.3, -0.25) is 4.98 Å². The molecule has 0 aliphatic rings. The molecule has 0 aromatic carbocycles. The van der Waals surface area contributed by atoms with E-state index >= 15 is 0 Å².